The van der Waals surface area contributed by atoms with Crippen LogP contribution in [0.15, 0.2) is 59.3 Å². The third-order valence-electron chi connectivity index (χ3n) is 4.33. The Bertz CT molecular complexity index is 941. The number of hydrogen-bond acceptors (Lipinski definition) is 6. The summed E-state index contributed by atoms with van der Waals surface area (Å²) >= 11 is 6.08. The lowest BCUT2D eigenvalue weighted by Crippen LogP contribution is -2.42. The summed E-state index contributed by atoms with van der Waals surface area (Å²) in [6.07, 6.45) is 1.87. The summed E-state index contributed by atoms with van der Waals surface area (Å²) in [4.78, 5) is 12.5. The quantitative estimate of drug-likeness (QED) is 0.166. The second-order valence-electron chi connectivity index (χ2n) is 7.70. The maximum absolute atomic E-state index is 10.8. The van der Waals surface area contributed by atoms with Crippen molar-refractivity contribution >= 4 is 34.4 Å². The van der Waals surface area contributed by atoms with Crippen LogP contribution in [0.2, 0.25) is 5.02 Å². The van der Waals surface area contributed by atoms with Crippen molar-refractivity contribution in [2.24, 2.45) is 10.2 Å². The third-order valence-corrected chi connectivity index (χ3v) is 4.63. The summed E-state index contributed by atoms with van der Waals surface area (Å²) in [7, 11) is 8.03. The van der Waals surface area contributed by atoms with Crippen LogP contribution in [0.5, 0.6) is 5.75 Å². The molecule has 9 heteroatoms. The number of non-ortho nitro benzene ring substituents is 1. The Labute approximate surface area is 181 Å². The predicted octanol–water partition coefficient (Wildman–Crippen LogP) is 5.37. The Morgan fingerprint density at radius 3 is 2.43 bits per heavy atom. The van der Waals surface area contributed by atoms with Crippen LogP contribution in [0.3, 0.4) is 0 Å². The maximum atomic E-state index is 10.8. The highest BCUT2D eigenvalue weighted by Gasteiger charge is 2.14. The van der Waals surface area contributed by atoms with Gasteiger partial charge in [-0.3, -0.25) is 10.1 Å². The van der Waals surface area contributed by atoms with Crippen LogP contribution in [0.1, 0.15) is 0 Å². The minimum absolute atomic E-state index is 0.0999. The monoisotopic (exact) mass is 432 g/mol. The van der Waals surface area contributed by atoms with Crippen LogP contribution in [0, 0.1) is 10.1 Å². The molecule has 160 valence electrons. The molecule has 0 saturated heterocycles. The van der Waals surface area contributed by atoms with Gasteiger partial charge in [0.2, 0.25) is 0 Å². The van der Waals surface area contributed by atoms with E-state index < -0.39 is 4.92 Å². The second-order valence-corrected chi connectivity index (χ2v) is 8.10. The molecule has 0 heterocycles. The lowest BCUT2D eigenvalue weighted by Gasteiger charge is -2.30. The van der Waals surface area contributed by atoms with Gasteiger partial charge >= 0.3 is 0 Å². The molecule has 30 heavy (non-hydrogen) atoms. The number of nitrogens with zero attached hydrogens (tertiary/aromatic N) is 5. The van der Waals surface area contributed by atoms with E-state index in [9.17, 15) is 10.1 Å². The zero-order valence-electron chi connectivity index (χ0n) is 17.7. The first-order chi connectivity index (χ1) is 14.1. The molecule has 0 N–H and O–H groups in total. The van der Waals surface area contributed by atoms with E-state index in [0.29, 0.717) is 23.7 Å². The maximum Gasteiger partial charge on any atom is 0.271 e. The van der Waals surface area contributed by atoms with Gasteiger partial charge in [0.1, 0.15) is 17.1 Å². The van der Waals surface area contributed by atoms with E-state index in [2.05, 4.69) is 42.9 Å². The Morgan fingerprint density at radius 2 is 1.87 bits per heavy atom. The molecule has 0 atom stereocenters. The fraction of sp³-hybridized carbons (Fsp3) is 0.333. The van der Waals surface area contributed by atoms with Gasteiger partial charge in [-0.15, -0.1) is 16.8 Å². The van der Waals surface area contributed by atoms with Crippen LogP contribution >= 0.6 is 11.6 Å². The summed E-state index contributed by atoms with van der Waals surface area (Å²) < 4.78 is 6.35. The molecule has 0 bridgehead atoms. The predicted molar refractivity (Wildman–Crippen MR) is 121 cm³/mol. The van der Waals surface area contributed by atoms with Crippen molar-refractivity contribution in [3.05, 3.63) is 64.2 Å². The molecule has 0 aliphatic rings. The Kier molecular flexibility index (Phi) is 7.91. The van der Waals surface area contributed by atoms with Gasteiger partial charge in [0, 0.05) is 30.4 Å². The van der Waals surface area contributed by atoms with E-state index in [1.807, 2.05) is 24.3 Å². The van der Waals surface area contributed by atoms with Crippen molar-refractivity contribution in [2.45, 2.75) is 0 Å². The van der Waals surface area contributed by atoms with E-state index in [0.717, 1.165) is 23.3 Å². The molecule has 0 aromatic heterocycles. The zero-order valence-corrected chi connectivity index (χ0v) is 18.5. The highest BCUT2D eigenvalue weighted by molar-refractivity contribution is 6.33. The molecule has 0 unspecified atom stereocenters. The number of likely N-dealkylation sites (N-methyl/N-ethyl adjacent to an activating group) is 1. The van der Waals surface area contributed by atoms with Gasteiger partial charge in [-0.25, -0.2) is 0 Å². The van der Waals surface area contributed by atoms with E-state index in [1.54, 1.807) is 7.11 Å². The Morgan fingerprint density at radius 1 is 1.20 bits per heavy atom. The molecule has 0 aliphatic carbocycles. The highest BCUT2D eigenvalue weighted by atomic mass is 35.5. The van der Waals surface area contributed by atoms with Gasteiger partial charge in [-0.05, 0) is 18.2 Å². The van der Waals surface area contributed by atoms with Crippen LogP contribution in [-0.2, 0) is 0 Å². The number of quaternary nitrogens is 1. The zero-order chi connectivity index (χ0) is 22.3. The number of rotatable bonds is 10. The molecule has 0 amide bonds. The Hall–Kier alpha value is -2.97. The van der Waals surface area contributed by atoms with Gasteiger partial charge < -0.3 is 14.1 Å². The first-order valence-corrected chi connectivity index (χ1v) is 9.72. The molecule has 0 fully saturated rings. The summed E-state index contributed by atoms with van der Waals surface area (Å²) in [5, 5.41) is 19.3. The van der Waals surface area contributed by atoms with Gasteiger partial charge in [0.05, 0.1) is 51.3 Å². The average Bonchev–Trinajstić information content (AvgIpc) is 2.69. The van der Waals surface area contributed by atoms with Crippen LogP contribution in [0.4, 0.5) is 22.7 Å². The fourth-order valence-electron chi connectivity index (χ4n) is 2.65. The van der Waals surface area contributed by atoms with Gasteiger partial charge in [0.15, 0.2) is 0 Å². The number of nitro groups is 1. The molecule has 0 aliphatic heterocycles. The molecule has 2 aromatic rings. The average molecular weight is 433 g/mol. The largest absolute Gasteiger partial charge is 0.494 e. The summed E-state index contributed by atoms with van der Waals surface area (Å²) in [5.74, 6) is 0.564. The molecule has 2 rings (SSSR count). The number of halogens is 1. The standard InChI is InChI=1S/C21H27ClN5O3/c1-6-11-25(12-13-27(2,3)4)16-7-10-20(21(15-16)30-5)24-23-19-9-8-17(26(28)29)14-18(19)22/h6-10,14-15H,1,11-13H2,2-5H3/q+1. The van der Waals surface area contributed by atoms with E-state index in [4.69, 9.17) is 16.3 Å². The van der Waals surface area contributed by atoms with Crippen molar-refractivity contribution < 1.29 is 14.1 Å². The highest BCUT2D eigenvalue weighted by Crippen LogP contribution is 2.35. The van der Waals surface area contributed by atoms with E-state index >= 15 is 0 Å². The smallest absolute Gasteiger partial charge is 0.271 e. The van der Waals surface area contributed by atoms with E-state index in [-0.39, 0.29) is 10.7 Å². The number of anilines is 1. The van der Waals surface area contributed by atoms with Crippen molar-refractivity contribution in [1.29, 1.82) is 0 Å². The van der Waals surface area contributed by atoms with Crippen molar-refractivity contribution in [1.82, 2.24) is 0 Å². The molecular weight excluding hydrogens is 406 g/mol. The van der Waals surface area contributed by atoms with Gasteiger partial charge in [0.25, 0.3) is 5.69 Å². The van der Waals surface area contributed by atoms with Crippen LogP contribution < -0.4 is 9.64 Å². The van der Waals surface area contributed by atoms with Crippen molar-refractivity contribution in [3.8, 4) is 5.75 Å². The normalized spacial score (nSPS) is 11.5. The Balaban J connectivity index is 2.27. The lowest BCUT2D eigenvalue weighted by atomic mass is 10.2. The SMILES string of the molecule is C=CCN(CC[N+](C)(C)C)c1ccc(N=Nc2ccc([N+](=O)[O-])cc2Cl)c(OC)c1. The topological polar surface area (TPSA) is 80.3 Å². The molecular formula is C21H27ClN5O3+. The number of hydrogen-bond donors (Lipinski definition) is 0. The summed E-state index contributed by atoms with van der Waals surface area (Å²) in [5.41, 5.74) is 1.76. The van der Waals surface area contributed by atoms with Crippen LogP contribution in [-0.4, -0.2) is 57.3 Å². The number of nitro benzene ring substituents is 1. The minimum Gasteiger partial charge on any atom is -0.494 e. The van der Waals surface area contributed by atoms with Crippen LogP contribution in [0.25, 0.3) is 0 Å². The third kappa shape index (κ3) is 6.53. The minimum atomic E-state index is -0.512. The molecule has 0 spiro atoms. The molecule has 8 nitrogen and oxygen atoms in total. The number of methoxy groups -OCH3 is 1. The van der Waals surface area contributed by atoms with Crippen molar-refractivity contribution in [3.63, 3.8) is 0 Å². The molecule has 2 aromatic carbocycles. The summed E-state index contributed by atoms with van der Waals surface area (Å²) in [6, 6.07) is 9.72. The number of benzene rings is 2. The second kappa shape index (κ2) is 10.2. The first-order valence-electron chi connectivity index (χ1n) is 9.34. The van der Waals surface area contributed by atoms with Gasteiger partial charge in [-0.1, -0.05) is 17.7 Å². The molecule has 0 saturated carbocycles. The first kappa shape index (κ1) is 23.3. The van der Waals surface area contributed by atoms with E-state index in [1.165, 1.54) is 18.2 Å². The number of ether oxygens (including phenoxy) is 1. The fourth-order valence-corrected chi connectivity index (χ4v) is 2.86. The molecule has 0 radical (unpaired) electrons. The summed E-state index contributed by atoms with van der Waals surface area (Å²) in [6.45, 7) is 6.39. The van der Waals surface area contributed by atoms with Gasteiger partial charge in [-0.2, -0.15) is 0 Å². The lowest BCUT2D eigenvalue weighted by molar-refractivity contribution is -0.868. The van der Waals surface area contributed by atoms with Crippen molar-refractivity contribution in [2.75, 3.05) is 52.8 Å². The number of azo groups is 1.